The van der Waals surface area contributed by atoms with Crippen LogP contribution in [0, 0.1) is 19.8 Å². The Morgan fingerprint density at radius 3 is 2.42 bits per heavy atom. The van der Waals surface area contributed by atoms with Gasteiger partial charge >= 0.3 is 0 Å². The number of hydrogen-bond donors (Lipinski definition) is 0. The fourth-order valence-electron chi connectivity index (χ4n) is 3.17. The Labute approximate surface area is 161 Å². The smallest absolute Gasteiger partial charge is 0.213 e. The van der Waals surface area contributed by atoms with Crippen LogP contribution >= 0.6 is 15.9 Å². The number of pyridine rings is 1. The average molecular weight is 412 g/mol. The quantitative estimate of drug-likeness (QED) is 0.380. The molecule has 0 radical (unpaired) electrons. The van der Waals surface area contributed by atoms with Gasteiger partial charge in [0, 0.05) is 34.1 Å². The fraction of sp³-hybridized carbons (Fsp3) is 0.182. The van der Waals surface area contributed by atoms with E-state index in [1.807, 2.05) is 55.5 Å². The van der Waals surface area contributed by atoms with Gasteiger partial charge in [0.25, 0.3) is 0 Å². The maximum absolute atomic E-state index is 13.6. The molecule has 3 rings (SSSR count). The molecule has 0 fully saturated rings. The molecule has 1 atom stereocenters. The highest BCUT2D eigenvalue weighted by molar-refractivity contribution is 9.10. The zero-order valence-electron chi connectivity index (χ0n) is 14.7. The third kappa shape index (κ3) is 4.25. The molecule has 0 saturated carbocycles. The summed E-state index contributed by atoms with van der Waals surface area (Å²) in [6.07, 6.45) is 0.273. The molecule has 0 saturated heterocycles. The van der Waals surface area contributed by atoms with Crippen LogP contribution in [0.15, 0.2) is 65.1 Å². The lowest BCUT2D eigenvalue weighted by Gasteiger charge is -2.20. The highest BCUT2D eigenvalue weighted by Crippen LogP contribution is 2.32. The first-order valence-electron chi connectivity index (χ1n) is 8.42. The van der Waals surface area contributed by atoms with Crippen molar-refractivity contribution in [1.29, 1.82) is 0 Å². The first-order chi connectivity index (χ1) is 12.4. The Kier molecular flexibility index (Phi) is 5.62. The lowest BCUT2D eigenvalue weighted by molar-refractivity contribution is 0.0977. The number of benzene rings is 2. The lowest BCUT2D eigenvalue weighted by Crippen LogP contribution is -2.11. The molecule has 1 unspecified atom stereocenters. The molecule has 26 heavy (non-hydrogen) atoms. The summed E-state index contributed by atoms with van der Waals surface area (Å²) >= 11 is 3.45. The summed E-state index contributed by atoms with van der Waals surface area (Å²) in [6.45, 7) is 3.73. The molecule has 2 aromatic carbocycles. The highest BCUT2D eigenvalue weighted by Gasteiger charge is 2.21. The van der Waals surface area contributed by atoms with E-state index >= 15 is 0 Å². The SMILES string of the molecule is Cc1cc(C(=O)CC(c2ccc(Br)cc2)c2ccccc2C)cc(F)n1. The van der Waals surface area contributed by atoms with E-state index in [2.05, 4.69) is 20.9 Å². The Balaban J connectivity index is 1.99. The number of Topliss-reactive ketones (excluding diaryl/α,β-unsaturated/α-hetero) is 1. The predicted molar refractivity (Wildman–Crippen MR) is 105 cm³/mol. The molecule has 4 heteroatoms. The molecule has 0 spiro atoms. The Morgan fingerprint density at radius 2 is 1.77 bits per heavy atom. The van der Waals surface area contributed by atoms with Crippen molar-refractivity contribution < 1.29 is 9.18 Å². The van der Waals surface area contributed by atoms with Gasteiger partial charge in [-0.25, -0.2) is 4.98 Å². The molecule has 0 aliphatic carbocycles. The molecule has 0 aliphatic rings. The van der Waals surface area contributed by atoms with Crippen molar-refractivity contribution in [3.8, 4) is 0 Å². The summed E-state index contributed by atoms with van der Waals surface area (Å²) < 4.78 is 14.6. The number of halogens is 2. The van der Waals surface area contributed by atoms with Gasteiger partial charge in [-0.15, -0.1) is 0 Å². The summed E-state index contributed by atoms with van der Waals surface area (Å²) in [5.74, 6) is -0.802. The molecular weight excluding hydrogens is 393 g/mol. The zero-order valence-corrected chi connectivity index (χ0v) is 16.3. The molecule has 3 aromatic rings. The minimum atomic E-state index is -0.621. The van der Waals surface area contributed by atoms with Crippen molar-refractivity contribution in [3.05, 3.63) is 99.0 Å². The van der Waals surface area contributed by atoms with Crippen LogP contribution in [0.4, 0.5) is 4.39 Å². The molecule has 1 aromatic heterocycles. The molecule has 0 N–H and O–H groups in total. The number of carbonyl (C=O) groups excluding carboxylic acids is 1. The number of nitrogens with zero attached hydrogens (tertiary/aromatic N) is 1. The van der Waals surface area contributed by atoms with Gasteiger partial charge in [-0.05, 0) is 48.7 Å². The maximum atomic E-state index is 13.6. The number of carbonyl (C=O) groups is 1. The molecule has 0 bridgehead atoms. The van der Waals surface area contributed by atoms with Crippen LogP contribution in [0.5, 0.6) is 0 Å². The van der Waals surface area contributed by atoms with Gasteiger partial charge in [0.1, 0.15) is 0 Å². The van der Waals surface area contributed by atoms with E-state index in [1.165, 1.54) is 6.07 Å². The van der Waals surface area contributed by atoms with E-state index in [0.29, 0.717) is 11.3 Å². The van der Waals surface area contributed by atoms with E-state index in [-0.39, 0.29) is 18.1 Å². The van der Waals surface area contributed by atoms with Crippen molar-refractivity contribution in [2.75, 3.05) is 0 Å². The summed E-state index contributed by atoms with van der Waals surface area (Å²) in [5.41, 5.74) is 4.16. The summed E-state index contributed by atoms with van der Waals surface area (Å²) in [5, 5.41) is 0. The highest BCUT2D eigenvalue weighted by atomic mass is 79.9. The Morgan fingerprint density at radius 1 is 1.08 bits per heavy atom. The van der Waals surface area contributed by atoms with E-state index in [0.717, 1.165) is 21.2 Å². The largest absolute Gasteiger partial charge is 0.294 e. The minimum Gasteiger partial charge on any atom is -0.294 e. The van der Waals surface area contributed by atoms with Gasteiger partial charge in [-0.2, -0.15) is 4.39 Å². The lowest BCUT2D eigenvalue weighted by atomic mass is 9.84. The molecule has 1 heterocycles. The van der Waals surface area contributed by atoms with Crippen molar-refractivity contribution in [1.82, 2.24) is 4.98 Å². The topological polar surface area (TPSA) is 30.0 Å². The molecule has 0 amide bonds. The second-order valence-electron chi connectivity index (χ2n) is 6.41. The second kappa shape index (κ2) is 7.92. The molecule has 0 aliphatic heterocycles. The van der Waals surface area contributed by atoms with Crippen molar-refractivity contribution >= 4 is 21.7 Å². The van der Waals surface area contributed by atoms with Crippen LogP contribution in [-0.4, -0.2) is 10.8 Å². The first kappa shape index (κ1) is 18.5. The minimum absolute atomic E-state index is 0.0895. The van der Waals surface area contributed by atoms with Crippen molar-refractivity contribution in [2.45, 2.75) is 26.2 Å². The number of hydrogen-bond acceptors (Lipinski definition) is 2. The Bertz CT molecular complexity index is 917. The van der Waals surface area contributed by atoms with Crippen LogP contribution in [0.1, 0.15) is 45.1 Å². The van der Waals surface area contributed by atoms with E-state index in [4.69, 9.17) is 0 Å². The average Bonchev–Trinajstić information content (AvgIpc) is 2.60. The molecular formula is C22H19BrFNO. The second-order valence-corrected chi connectivity index (χ2v) is 7.32. The van der Waals surface area contributed by atoms with Crippen LogP contribution in [0.25, 0.3) is 0 Å². The van der Waals surface area contributed by atoms with Gasteiger partial charge in [-0.1, -0.05) is 52.3 Å². The van der Waals surface area contributed by atoms with Gasteiger partial charge in [0.05, 0.1) is 0 Å². The van der Waals surface area contributed by atoms with Gasteiger partial charge in [-0.3, -0.25) is 4.79 Å². The van der Waals surface area contributed by atoms with Gasteiger partial charge < -0.3 is 0 Å². The van der Waals surface area contributed by atoms with E-state index < -0.39 is 5.95 Å². The van der Waals surface area contributed by atoms with Crippen LogP contribution in [0.2, 0.25) is 0 Å². The van der Waals surface area contributed by atoms with Crippen molar-refractivity contribution in [3.63, 3.8) is 0 Å². The van der Waals surface area contributed by atoms with E-state index in [9.17, 15) is 9.18 Å². The van der Waals surface area contributed by atoms with Gasteiger partial charge in [0.15, 0.2) is 5.78 Å². The van der Waals surface area contributed by atoms with Crippen LogP contribution < -0.4 is 0 Å². The third-order valence-corrected chi connectivity index (χ3v) is 5.00. The van der Waals surface area contributed by atoms with Gasteiger partial charge in [0.2, 0.25) is 5.95 Å². The summed E-state index contributed by atoms with van der Waals surface area (Å²) in [6, 6.07) is 18.9. The summed E-state index contributed by atoms with van der Waals surface area (Å²) in [4.78, 5) is 16.6. The number of rotatable bonds is 5. The molecule has 2 nitrogen and oxygen atoms in total. The van der Waals surface area contributed by atoms with E-state index in [1.54, 1.807) is 13.0 Å². The number of ketones is 1. The zero-order chi connectivity index (χ0) is 18.7. The van der Waals surface area contributed by atoms with Crippen LogP contribution in [0.3, 0.4) is 0 Å². The fourth-order valence-corrected chi connectivity index (χ4v) is 3.44. The number of aryl methyl sites for hydroxylation is 2. The Hall–Kier alpha value is -2.33. The normalized spacial score (nSPS) is 12.0. The first-order valence-corrected chi connectivity index (χ1v) is 9.21. The van der Waals surface area contributed by atoms with Crippen molar-refractivity contribution in [2.24, 2.45) is 0 Å². The monoisotopic (exact) mass is 411 g/mol. The summed E-state index contributed by atoms with van der Waals surface area (Å²) in [7, 11) is 0. The standard InChI is InChI=1S/C22H19BrFNO/c1-14-5-3-4-6-19(14)20(16-7-9-18(23)10-8-16)13-21(26)17-11-15(2)25-22(24)12-17/h3-12,20H,13H2,1-2H3. The van der Waals surface area contributed by atoms with Crippen LogP contribution in [-0.2, 0) is 0 Å². The molecule has 132 valence electrons. The predicted octanol–water partition coefficient (Wildman–Crippen LogP) is 6.00. The number of aromatic nitrogens is 1. The third-order valence-electron chi connectivity index (χ3n) is 4.47. The maximum Gasteiger partial charge on any atom is 0.213 e.